The predicted octanol–water partition coefficient (Wildman–Crippen LogP) is 5.01. The van der Waals surface area contributed by atoms with Gasteiger partial charge >= 0.3 is 0 Å². The largest absolute Gasteiger partial charge is 0.493 e. The van der Waals surface area contributed by atoms with Gasteiger partial charge < -0.3 is 14.2 Å². The number of fused-ring (bicyclic) bond motifs is 3. The van der Waals surface area contributed by atoms with Gasteiger partial charge in [-0.05, 0) is 61.9 Å². The van der Waals surface area contributed by atoms with E-state index in [1.54, 1.807) is 4.40 Å². The summed E-state index contributed by atoms with van der Waals surface area (Å²) in [4.78, 5) is 18.3. The summed E-state index contributed by atoms with van der Waals surface area (Å²) in [6.07, 6.45) is 2.62. The number of aryl methyl sites for hydroxylation is 1. The molecule has 35 heavy (non-hydrogen) atoms. The minimum Gasteiger partial charge on any atom is -0.493 e. The summed E-state index contributed by atoms with van der Waals surface area (Å²) in [7, 11) is 0. The van der Waals surface area contributed by atoms with Crippen molar-refractivity contribution in [3.8, 4) is 17.2 Å². The van der Waals surface area contributed by atoms with Crippen LogP contribution in [0.25, 0.3) is 22.1 Å². The molecule has 0 amide bonds. The lowest BCUT2D eigenvalue weighted by Crippen LogP contribution is -2.22. The van der Waals surface area contributed by atoms with Gasteiger partial charge in [-0.25, -0.2) is 9.38 Å². The van der Waals surface area contributed by atoms with Gasteiger partial charge in [-0.3, -0.25) is 4.79 Å². The Balaban J connectivity index is 1.30. The van der Waals surface area contributed by atoms with Crippen molar-refractivity contribution in [1.29, 1.82) is 0 Å². The van der Waals surface area contributed by atoms with Gasteiger partial charge in [0.05, 0.1) is 35.4 Å². The van der Waals surface area contributed by atoms with Crippen LogP contribution < -0.4 is 24.3 Å². The van der Waals surface area contributed by atoms with Gasteiger partial charge in [0.15, 0.2) is 16.5 Å². The third-order valence-corrected chi connectivity index (χ3v) is 6.52. The third-order valence-electron chi connectivity index (χ3n) is 5.55. The first-order valence-electron chi connectivity index (χ1n) is 11.6. The van der Waals surface area contributed by atoms with E-state index in [0.29, 0.717) is 40.8 Å². The highest BCUT2D eigenvalue weighted by Gasteiger charge is 2.11. The number of aromatic nitrogens is 2. The van der Waals surface area contributed by atoms with E-state index in [-0.39, 0.29) is 5.56 Å². The molecule has 0 unspecified atom stereocenters. The van der Waals surface area contributed by atoms with E-state index in [1.165, 1.54) is 16.9 Å². The molecule has 3 aromatic carbocycles. The molecule has 7 heteroatoms. The van der Waals surface area contributed by atoms with Crippen LogP contribution >= 0.6 is 11.3 Å². The van der Waals surface area contributed by atoms with Gasteiger partial charge in [0, 0.05) is 6.42 Å². The van der Waals surface area contributed by atoms with Crippen LogP contribution in [0.3, 0.4) is 0 Å². The van der Waals surface area contributed by atoms with Crippen molar-refractivity contribution in [3.63, 3.8) is 0 Å². The quantitative estimate of drug-likeness (QED) is 0.274. The normalized spacial score (nSPS) is 11.9. The summed E-state index contributed by atoms with van der Waals surface area (Å²) >= 11 is 1.38. The van der Waals surface area contributed by atoms with Crippen LogP contribution in [0.2, 0.25) is 0 Å². The summed E-state index contributed by atoms with van der Waals surface area (Å²) in [6, 6.07) is 21.4. The van der Waals surface area contributed by atoms with Crippen LogP contribution in [0.1, 0.15) is 24.5 Å². The number of benzene rings is 3. The van der Waals surface area contributed by atoms with Crippen molar-refractivity contribution < 1.29 is 14.2 Å². The zero-order valence-corrected chi connectivity index (χ0v) is 20.5. The molecule has 6 nitrogen and oxygen atoms in total. The molecule has 0 bridgehead atoms. The Bertz CT molecular complexity index is 1570. The monoisotopic (exact) mass is 486 g/mol. The molecule has 5 rings (SSSR count). The van der Waals surface area contributed by atoms with Crippen LogP contribution in [-0.4, -0.2) is 29.2 Å². The maximum atomic E-state index is 13.0. The summed E-state index contributed by atoms with van der Waals surface area (Å²) in [5, 5.41) is 0. The lowest BCUT2D eigenvalue weighted by Gasteiger charge is -2.13. The number of para-hydroxylation sites is 2. The van der Waals surface area contributed by atoms with Crippen LogP contribution in [0.4, 0.5) is 0 Å². The molecular weight excluding hydrogens is 460 g/mol. The number of thiazole rings is 1. The van der Waals surface area contributed by atoms with E-state index < -0.39 is 0 Å². The molecule has 0 aliphatic heterocycles. The molecular formula is C28H26N2O4S. The Morgan fingerprint density at radius 3 is 2.57 bits per heavy atom. The van der Waals surface area contributed by atoms with Gasteiger partial charge in [-0.1, -0.05) is 47.2 Å². The molecule has 0 aliphatic carbocycles. The van der Waals surface area contributed by atoms with Crippen LogP contribution in [0, 0.1) is 6.92 Å². The van der Waals surface area contributed by atoms with Crippen molar-refractivity contribution in [2.75, 3.05) is 19.8 Å². The van der Waals surface area contributed by atoms with E-state index in [1.807, 2.05) is 79.7 Å². The van der Waals surface area contributed by atoms with Gasteiger partial charge in [0.1, 0.15) is 5.75 Å². The predicted molar refractivity (Wildman–Crippen MR) is 140 cm³/mol. The number of ether oxygens (including phenoxy) is 3. The fourth-order valence-corrected chi connectivity index (χ4v) is 4.82. The number of imidazole rings is 1. The van der Waals surface area contributed by atoms with Crippen LogP contribution in [0.15, 0.2) is 71.5 Å². The molecule has 2 heterocycles. The second kappa shape index (κ2) is 10.2. The molecule has 178 valence electrons. The van der Waals surface area contributed by atoms with E-state index >= 15 is 0 Å². The first-order chi connectivity index (χ1) is 17.1. The fraction of sp³-hybridized carbons (Fsp3) is 0.214. The molecule has 0 fully saturated rings. The van der Waals surface area contributed by atoms with Crippen molar-refractivity contribution in [2.24, 2.45) is 0 Å². The lowest BCUT2D eigenvalue weighted by molar-refractivity contribution is 0.236. The molecule has 0 saturated carbocycles. The first kappa shape index (κ1) is 22.9. The maximum Gasteiger partial charge on any atom is 0.274 e. The molecule has 0 N–H and O–H groups in total. The smallest absolute Gasteiger partial charge is 0.274 e. The summed E-state index contributed by atoms with van der Waals surface area (Å²) in [5.41, 5.74) is 3.67. The highest BCUT2D eigenvalue weighted by Crippen LogP contribution is 2.29. The summed E-state index contributed by atoms with van der Waals surface area (Å²) < 4.78 is 19.8. The molecule has 0 saturated heterocycles. The minimum atomic E-state index is -0.0643. The maximum absolute atomic E-state index is 13.0. The average molecular weight is 487 g/mol. The van der Waals surface area contributed by atoms with E-state index in [9.17, 15) is 4.79 Å². The fourth-order valence-electron chi connectivity index (χ4n) is 3.83. The van der Waals surface area contributed by atoms with Gasteiger partial charge in [0.2, 0.25) is 0 Å². The van der Waals surface area contributed by atoms with E-state index in [4.69, 9.17) is 14.2 Å². The van der Waals surface area contributed by atoms with Crippen LogP contribution in [0.5, 0.6) is 17.2 Å². The van der Waals surface area contributed by atoms with Gasteiger partial charge in [-0.2, -0.15) is 0 Å². The summed E-state index contributed by atoms with van der Waals surface area (Å²) in [6.45, 7) is 5.58. The van der Waals surface area contributed by atoms with E-state index in [2.05, 4.69) is 11.9 Å². The highest BCUT2D eigenvalue weighted by atomic mass is 32.1. The molecule has 5 aromatic rings. The number of nitrogens with zero attached hydrogens (tertiary/aromatic N) is 2. The molecule has 0 aliphatic rings. The number of hydrogen-bond acceptors (Lipinski definition) is 6. The van der Waals surface area contributed by atoms with Crippen molar-refractivity contribution in [1.82, 2.24) is 9.38 Å². The molecule has 2 aromatic heterocycles. The SMILES string of the molecule is CCOc1cc(/C=c2\sc3nc4ccccc4n3c2=O)ccc1OCCCOc1ccc(C)cc1. The van der Waals surface area contributed by atoms with E-state index in [0.717, 1.165) is 28.8 Å². The Hall–Kier alpha value is -3.84. The number of hydrogen-bond donors (Lipinski definition) is 0. The Labute approximate surface area is 207 Å². The van der Waals surface area contributed by atoms with Crippen molar-refractivity contribution in [2.45, 2.75) is 20.3 Å². The topological polar surface area (TPSA) is 62.1 Å². The van der Waals surface area contributed by atoms with Crippen molar-refractivity contribution in [3.05, 3.63) is 92.7 Å². The molecule has 0 spiro atoms. The third kappa shape index (κ3) is 5.00. The Morgan fingerprint density at radius 2 is 1.74 bits per heavy atom. The lowest BCUT2D eigenvalue weighted by atomic mass is 10.2. The van der Waals surface area contributed by atoms with Crippen LogP contribution in [-0.2, 0) is 0 Å². The van der Waals surface area contributed by atoms with Crippen molar-refractivity contribution >= 4 is 33.4 Å². The summed E-state index contributed by atoms with van der Waals surface area (Å²) in [5.74, 6) is 2.19. The minimum absolute atomic E-state index is 0.0643. The average Bonchev–Trinajstić information content (AvgIpc) is 3.37. The zero-order chi connectivity index (χ0) is 24.2. The van der Waals surface area contributed by atoms with Gasteiger partial charge in [-0.15, -0.1) is 0 Å². The van der Waals surface area contributed by atoms with Gasteiger partial charge in [0.25, 0.3) is 5.56 Å². The second-order valence-corrected chi connectivity index (χ2v) is 9.15. The zero-order valence-electron chi connectivity index (χ0n) is 19.7. The first-order valence-corrected chi connectivity index (χ1v) is 12.4. The standard InChI is InChI=1S/C28H26N2O4S/c1-3-32-25-17-20(11-14-24(25)34-16-6-15-33-21-12-9-19(2)10-13-21)18-26-27(31)30-23-8-5-4-7-22(23)29-28(30)35-26/h4-5,7-14,17-18H,3,6,15-16H2,1-2H3/b26-18-. The molecule has 0 atom stereocenters. The second-order valence-electron chi connectivity index (χ2n) is 8.14. The Kier molecular flexibility index (Phi) is 6.68. The molecule has 0 radical (unpaired) electrons. The highest BCUT2D eigenvalue weighted by molar-refractivity contribution is 7.15. The number of rotatable bonds is 9. The Morgan fingerprint density at radius 1 is 0.943 bits per heavy atom.